The van der Waals surface area contributed by atoms with Gasteiger partial charge in [-0.3, -0.25) is 4.99 Å². The van der Waals surface area contributed by atoms with Crippen LogP contribution in [-0.2, 0) is 4.74 Å². The molecule has 1 aliphatic heterocycles. The number of aliphatic hydroxyl groups is 1. The van der Waals surface area contributed by atoms with Crippen molar-refractivity contribution in [1.82, 2.24) is 10.6 Å². The first-order valence-electron chi connectivity index (χ1n) is 8.58. The Bertz CT molecular complexity index is 590. The number of nitrogens with zero attached hydrogens (tertiary/aromatic N) is 1. The van der Waals surface area contributed by atoms with E-state index in [1.54, 1.807) is 7.05 Å². The van der Waals surface area contributed by atoms with E-state index < -0.39 is 11.6 Å². The standard InChI is InChI=1S/C18H27F2N3O2/c1-13(15-4-3-14(19)9-16(15)20)10-22-17(21-2)23-11-18(5-7-24)6-8-25-12-18/h3-4,9,13,24H,5-8,10-12H2,1-2H3,(H2,21,22,23). The van der Waals surface area contributed by atoms with E-state index in [1.165, 1.54) is 12.1 Å². The number of nitrogens with one attached hydrogen (secondary N) is 2. The Morgan fingerprint density at radius 2 is 2.20 bits per heavy atom. The zero-order valence-corrected chi connectivity index (χ0v) is 14.8. The minimum Gasteiger partial charge on any atom is -0.396 e. The summed E-state index contributed by atoms with van der Waals surface area (Å²) in [6.45, 7) is 4.42. The van der Waals surface area contributed by atoms with Crippen LogP contribution < -0.4 is 10.6 Å². The van der Waals surface area contributed by atoms with Crippen LogP contribution in [0, 0.1) is 17.0 Å². The smallest absolute Gasteiger partial charge is 0.191 e. The van der Waals surface area contributed by atoms with Crippen molar-refractivity contribution in [2.75, 3.05) is 40.0 Å². The maximum atomic E-state index is 13.8. The highest BCUT2D eigenvalue weighted by molar-refractivity contribution is 5.79. The molecule has 0 radical (unpaired) electrons. The number of halogens is 2. The van der Waals surface area contributed by atoms with Crippen LogP contribution in [0.2, 0.25) is 0 Å². The summed E-state index contributed by atoms with van der Waals surface area (Å²) in [5.74, 6) is -0.645. The van der Waals surface area contributed by atoms with Gasteiger partial charge in [0.1, 0.15) is 11.6 Å². The Hall–Kier alpha value is -1.73. The molecule has 0 aliphatic carbocycles. The molecule has 1 fully saturated rings. The summed E-state index contributed by atoms with van der Waals surface area (Å²) in [5, 5.41) is 15.7. The van der Waals surface area contributed by atoms with Gasteiger partial charge in [0.25, 0.3) is 0 Å². The summed E-state index contributed by atoms with van der Waals surface area (Å²) < 4.78 is 32.3. The number of aliphatic hydroxyl groups excluding tert-OH is 1. The van der Waals surface area contributed by atoms with E-state index in [1.807, 2.05) is 6.92 Å². The van der Waals surface area contributed by atoms with Crippen LogP contribution in [0.25, 0.3) is 0 Å². The fraction of sp³-hybridized carbons (Fsp3) is 0.611. The summed E-state index contributed by atoms with van der Waals surface area (Å²) in [4.78, 5) is 4.18. The average molecular weight is 355 g/mol. The minimum atomic E-state index is -0.577. The summed E-state index contributed by atoms with van der Waals surface area (Å²) >= 11 is 0. The lowest BCUT2D eigenvalue weighted by molar-refractivity contribution is 0.127. The lowest BCUT2D eigenvalue weighted by Gasteiger charge is -2.28. The maximum Gasteiger partial charge on any atom is 0.191 e. The molecule has 0 amide bonds. The highest BCUT2D eigenvalue weighted by atomic mass is 19.1. The molecule has 25 heavy (non-hydrogen) atoms. The van der Waals surface area contributed by atoms with Gasteiger partial charge in [0.05, 0.1) is 6.61 Å². The Labute approximate surface area is 147 Å². The maximum absolute atomic E-state index is 13.8. The van der Waals surface area contributed by atoms with Gasteiger partial charge in [-0.05, 0) is 24.5 Å². The number of hydrogen-bond acceptors (Lipinski definition) is 3. The zero-order chi connectivity index (χ0) is 18.3. The van der Waals surface area contributed by atoms with E-state index in [2.05, 4.69) is 15.6 Å². The fourth-order valence-electron chi connectivity index (χ4n) is 3.06. The minimum absolute atomic E-state index is 0.0823. The van der Waals surface area contributed by atoms with Crippen LogP contribution in [0.4, 0.5) is 8.78 Å². The number of rotatable bonds is 7. The van der Waals surface area contributed by atoms with Gasteiger partial charge < -0.3 is 20.5 Å². The van der Waals surface area contributed by atoms with Gasteiger partial charge in [0.2, 0.25) is 0 Å². The Morgan fingerprint density at radius 3 is 2.80 bits per heavy atom. The molecule has 0 spiro atoms. The normalized spacial score (nSPS) is 22.0. The third-order valence-electron chi connectivity index (χ3n) is 4.75. The van der Waals surface area contributed by atoms with Crippen LogP contribution in [-0.4, -0.2) is 51.0 Å². The van der Waals surface area contributed by atoms with E-state index in [0.717, 1.165) is 12.5 Å². The summed E-state index contributed by atoms with van der Waals surface area (Å²) in [6.07, 6.45) is 1.57. The molecule has 5 nitrogen and oxygen atoms in total. The van der Waals surface area contributed by atoms with E-state index >= 15 is 0 Å². The largest absolute Gasteiger partial charge is 0.396 e. The van der Waals surface area contributed by atoms with Crippen LogP contribution >= 0.6 is 0 Å². The Kier molecular flexibility index (Phi) is 7.13. The second-order valence-corrected chi connectivity index (χ2v) is 6.65. The lowest BCUT2D eigenvalue weighted by atomic mass is 9.84. The van der Waals surface area contributed by atoms with Crippen molar-refractivity contribution in [2.24, 2.45) is 10.4 Å². The Morgan fingerprint density at radius 1 is 1.40 bits per heavy atom. The average Bonchev–Trinajstić information content (AvgIpc) is 3.04. The van der Waals surface area contributed by atoms with Crippen molar-refractivity contribution in [2.45, 2.75) is 25.7 Å². The molecule has 1 heterocycles. The molecule has 0 saturated carbocycles. The molecule has 1 aromatic rings. The molecule has 1 aromatic carbocycles. The first kappa shape index (κ1) is 19.6. The van der Waals surface area contributed by atoms with Gasteiger partial charge in [0, 0.05) is 50.8 Å². The second kappa shape index (κ2) is 9.10. The highest BCUT2D eigenvalue weighted by Gasteiger charge is 2.34. The lowest BCUT2D eigenvalue weighted by Crippen LogP contribution is -2.45. The molecule has 7 heteroatoms. The molecular weight excluding hydrogens is 328 g/mol. The number of aliphatic imine (C=N–C) groups is 1. The van der Waals surface area contributed by atoms with E-state index in [9.17, 15) is 13.9 Å². The van der Waals surface area contributed by atoms with Crippen LogP contribution in [0.5, 0.6) is 0 Å². The number of hydrogen-bond donors (Lipinski definition) is 3. The quantitative estimate of drug-likeness (QED) is 0.517. The molecule has 3 N–H and O–H groups in total. The molecule has 0 aromatic heterocycles. The van der Waals surface area contributed by atoms with Crippen LogP contribution in [0.3, 0.4) is 0 Å². The third kappa shape index (κ3) is 5.37. The molecule has 2 unspecified atom stereocenters. The molecule has 2 atom stereocenters. The highest BCUT2D eigenvalue weighted by Crippen LogP contribution is 2.31. The van der Waals surface area contributed by atoms with Gasteiger partial charge in [0.15, 0.2) is 5.96 Å². The first-order valence-corrected chi connectivity index (χ1v) is 8.58. The summed E-state index contributed by atoms with van der Waals surface area (Å²) in [6, 6.07) is 3.64. The molecule has 1 saturated heterocycles. The van der Waals surface area contributed by atoms with Crippen molar-refractivity contribution >= 4 is 5.96 Å². The van der Waals surface area contributed by atoms with E-state index in [4.69, 9.17) is 4.74 Å². The predicted octanol–water partition coefficient (Wildman–Crippen LogP) is 2.02. The summed E-state index contributed by atoms with van der Waals surface area (Å²) in [7, 11) is 1.67. The third-order valence-corrected chi connectivity index (χ3v) is 4.75. The van der Waals surface area contributed by atoms with Crippen molar-refractivity contribution < 1.29 is 18.6 Å². The molecule has 140 valence electrons. The number of ether oxygens (including phenoxy) is 1. The van der Waals surface area contributed by atoms with Crippen molar-refractivity contribution in [3.8, 4) is 0 Å². The number of benzene rings is 1. The Balaban J connectivity index is 1.87. The monoisotopic (exact) mass is 355 g/mol. The van der Waals surface area contributed by atoms with E-state index in [-0.39, 0.29) is 17.9 Å². The topological polar surface area (TPSA) is 65.9 Å². The van der Waals surface area contributed by atoms with Gasteiger partial charge in [-0.25, -0.2) is 8.78 Å². The van der Waals surface area contributed by atoms with Gasteiger partial charge in [-0.1, -0.05) is 13.0 Å². The molecule has 1 aliphatic rings. The fourth-order valence-corrected chi connectivity index (χ4v) is 3.06. The number of guanidine groups is 1. The van der Waals surface area contributed by atoms with Crippen molar-refractivity contribution in [1.29, 1.82) is 0 Å². The van der Waals surface area contributed by atoms with E-state index in [0.29, 0.717) is 44.2 Å². The van der Waals surface area contributed by atoms with Crippen LogP contribution in [0.15, 0.2) is 23.2 Å². The molecule has 0 bridgehead atoms. The van der Waals surface area contributed by atoms with Gasteiger partial charge >= 0.3 is 0 Å². The van der Waals surface area contributed by atoms with Crippen molar-refractivity contribution in [3.05, 3.63) is 35.4 Å². The van der Waals surface area contributed by atoms with Gasteiger partial charge in [-0.2, -0.15) is 0 Å². The van der Waals surface area contributed by atoms with Crippen molar-refractivity contribution in [3.63, 3.8) is 0 Å². The first-order chi connectivity index (χ1) is 12.0. The zero-order valence-electron chi connectivity index (χ0n) is 14.8. The SMILES string of the molecule is CN=C(NCC(C)c1ccc(F)cc1F)NCC1(CCO)CCOC1. The predicted molar refractivity (Wildman–Crippen MR) is 93.7 cm³/mol. The molecular formula is C18H27F2N3O2. The van der Waals surface area contributed by atoms with Crippen LogP contribution in [0.1, 0.15) is 31.2 Å². The second-order valence-electron chi connectivity index (χ2n) is 6.65. The van der Waals surface area contributed by atoms with Gasteiger partial charge in [-0.15, -0.1) is 0 Å². The summed E-state index contributed by atoms with van der Waals surface area (Å²) in [5.41, 5.74) is 0.381. The molecule has 2 rings (SSSR count).